The van der Waals surface area contributed by atoms with Crippen LogP contribution in [0.5, 0.6) is 0 Å². The molecule has 0 saturated heterocycles. The molecule has 1 N–H and O–H groups in total. The van der Waals surface area contributed by atoms with Crippen molar-refractivity contribution in [1.29, 1.82) is 0 Å². The molecule has 1 heterocycles. The number of aliphatic imine (C=N–C) groups is 1. The Bertz CT molecular complexity index is 1710. The quantitative estimate of drug-likeness (QED) is 0.183. The van der Waals surface area contributed by atoms with Crippen molar-refractivity contribution in [2.75, 3.05) is 0 Å². The lowest BCUT2D eigenvalue weighted by atomic mass is 9.98. The normalized spacial score (nSPS) is 11.3. The third-order valence-electron chi connectivity index (χ3n) is 7.46. The van der Waals surface area contributed by atoms with E-state index in [0.717, 1.165) is 80.9 Å². The monoisotopic (exact) mass is 559 g/mol. The molecule has 0 unspecified atom stereocenters. The number of para-hydroxylation sites is 1. The van der Waals surface area contributed by atoms with E-state index < -0.39 is 5.97 Å². The van der Waals surface area contributed by atoms with Gasteiger partial charge in [0.25, 0.3) is 0 Å². The van der Waals surface area contributed by atoms with E-state index in [4.69, 9.17) is 9.98 Å². The largest absolute Gasteiger partial charge is 0.478 e. The van der Waals surface area contributed by atoms with Gasteiger partial charge in [0, 0.05) is 18.7 Å². The van der Waals surface area contributed by atoms with Gasteiger partial charge in [0.2, 0.25) is 0 Å². The Morgan fingerprint density at radius 1 is 0.905 bits per heavy atom. The third kappa shape index (κ3) is 6.68. The van der Waals surface area contributed by atoms with E-state index in [2.05, 4.69) is 68.7 Å². The van der Waals surface area contributed by atoms with Gasteiger partial charge in [-0.25, -0.2) is 9.78 Å². The van der Waals surface area contributed by atoms with Crippen LogP contribution in [0.3, 0.4) is 0 Å². The zero-order valence-electron chi connectivity index (χ0n) is 25.6. The molecule has 0 aliphatic heterocycles. The minimum absolute atomic E-state index is 0.309. The molecule has 42 heavy (non-hydrogen) atoms. The molecule has 0 radical (unpaired) electrons. The fourth-order valence-corrected chi connectivity index (χ4v) is 5.18. The Morgan fingerprint density at radius 2 is 1.60 bits per heavy atom. The van der Waals surface area contributed by atoms with E-state index in [1.807, 2.05) is 50.2 Å². The first-order valence-electron chi connectivity index (χ1n) is 14.9. The van der Waals surface area contributed by atoms with Crippen LogP contribution in [0.4, 0.5) is 5.69 Å². The van der Waals surface area contributed by atoms with Crippen LogP contribution in [-0.2, 0) is 13.0 Å². The molecule has 0 saturated carbocycles. The lowest BCUT2D eigenvalue weighted by Gasteiger charge is -2.12. The second kappa shape index (κ2) is 13.9. The molecule has 5 nitrogen and oxygen atoms in total. The maximum Gasteiger partial charge on any atom is 0.336 e. The zero-order valence-corrected chi connectivity index (χ0v) is 25.6. The van der Waals surface area contributed by atoms with Crippen molar-refractivity contribution in [2.45, 2.75) is 67.3 Å². The van der Waals surface area contributed by atoms with Crippen LogP contribution in [0, 0.1) is 13.8 Å². The topological polar surface area (TPSA) is 67.5 Å². The molecular weight excluding hydrogens is 518 g/mol. The fraction of sp³-hybridized carbons (Fsp3) is 0.270. The summed E-state index contributed by atoms with van der Waals surface area (Å²) in [6.07, 6.45) is 3.10. The van der Waals surface area contributed by atoms with Crippen LogP contribution in [0.15, 0.2) is 89.9 Å². The number of hydrogen-bond acceptors (Lipinski definition) is 3. The first-order valence-corrected chi connectivity index (χ1v) is 14.9. The lowest BCUT2D eigenvalue weighted by Crippen LogP contribution is -2.06. The molecule has 4 aromatic carbocycles. The number of hydrogen-bond donors (Lipinski definition) is 1. The number of aryl methyl sites for hydroxylation is 3. The van der Waals surface area contributed by atoms with Gasteiger partial charge >= 0.3 is 5.97 Å². The average molecular weight is 560 g/mol. The molecule has 5 aromatic rings. The molecule has 5 rings (SSSR count). The number of imidazole rings is 1. The van der Waals surface area contributed by atoms with Crippen LogP contribution in [0.1, 0.15) is 79.0 Å². The summed E-state index contributed by atoms with van der Waals surface area (Å²) in [7, 11) is 0. The molecule has 5 heteroatoms. The Morgan fingerprint density at radius 3 is 2.29 bits per heavy atom. The number of nitrogens with zero attached hydrogens (tertiary/aromatic N) is 3. The van der Waals surface area contributed by atoms with Crippen molar-refractivity contribution in [1.82, 2.24) is 9.55 Å². The molecule has 0 fully saturated rings. The van der Waals surface area contributed by atoms with E-state index in [-0.39, 0.29) is 0 Å². The number of fused-ring (bicyclic) bond motifs is 1. The summed E-state index contributed by atoms with van der Waals surface area (Å²) in [5.74, 6) is 0.170. The van der Waals surface area contributed by atoms with E-state index in [9.17, 15) is 9.90 Å². The van der Waals surface area contributed by atoms with Crippen molar-refractivity contribution in [3.05, 3.63) is 119 Å². The van der Waals surface area contributed by atoms with Gasteiger partial charge in [0.05, 0.1) is 22.3 Å². The number of aromatic nitrogens is 2. The van der Waals surface area contributed by atoms with E-state index in [1.165, 1.54) is 0 Å². The predicted octanol–water partition coefficient (Wildman–Crippen LogP) is 9.58. The molecular formula is C37H41N3O2. The Kier molecular flexibility index (Phi) is 10.1. The molecule has 216 valence electrons. The molecule has 0 aliphatic rings. The highest BCUT2D eigenvalue weighted by atomic mass is 16.4. The highest BCUT2D eigenvalue weighted by Crippen LogP contribution is 2.28. The smallest absolute Gasteiger partial charge is 0.336 e. The molecule has 0 atom stereocenters. The van der Waals surface area contributed by atoms with Crippen molar-refractivity contribution in [3.8, 4) is 11.1 Å². The number of carboxylic acid groups (broad SMARTS) is 1. The number of benzene rings is 4. The van der Waals surface area contributed by atoms with Crippen molar-refractivity contribution < 1.29 is 9.90 Å². The van der Waals surface area contributed by atoms with E-state index in [1.54, 1.807) is 12.1 Å². The van der Waals surface area contributed by atoms with Gasteiger partial charge in [0.1, 0.15) is 5.82 Å². The summed E-state index contributed by atoms with van der Waals surface area (Å²) in [6, 6.07) is 27.9. The summed E-state index contributed by atoms with van der Waals surface area (Å²) in [6.45, 7) is 13.2. The standard InChI is InChI=1S/C35H35N3O2.C2H6/c1-5-6-15-33-37-34-24(3)20-28(25(4)36-31-14-10-7-11-23(31)2)21-32(34)38(33)22-26-16-18-27(19-17-26)29-12-8-9-13-30(29)35(39)40;1-2/h7-14,16-21H,5-6,15,22H2,1-4H3,(H,39,40);1-2H3. The minimum atomic E-state index is -0.919. The summed E-state index contributed by atoms with van der Waals surface area (Å²) in [5, 5.41) is 9.62. The van der Waals surface area contributed by atoms with Crippen molar-refractivity contribution in [2.24, 2.45) is 4.99 Å². The zero-order chi connectivity index (χ0) is 30.2. The Labute approximate surface area is 249 Å². The van der Waals surface area contributed by atoms with Crippen LogP contribution in [-0.4, -0.2) is 26.3 Å². The van der Waals surface area contributed by atoms with Crippen LogP contribution in [0.25, 0.3) is 22.2 Å². The Balaban J connectivity index is 0.00000198. The van der Waals surface area contributed by atoms with E-state index >= 15 is 0 Å². The number of rotatable bonds is 9. The fourth-order valence-electron chi connectivity index (χ4n) is 5.18. The summed E-state index contributed by atoms with van der Waals surface area (Å²) in [4.78, 5) is 21.8. The first-order chi connectivity index (χ1) is 20.4. The van der Waals surface area contributed by atoms with Crippen LogP contribution >= 0.6 is 0 Å². The lowest BCUT2D eigenvalue weighted by molar-refractivity contribution is 0.0697. The minimum Gasteiger partial charge on any atom is -0.478 e. The SMILES string of the molecule is CC.CCCCc1nc2c(C)cc(C(C)=Nc3ccccc3C)cc2n1Cc1ccc(-c2ccccc2C(=O)O)cc1. The van der Waals surface area contributed by atoms with Gasteiger partial charge < -0.3 is 9.67 Å². The Hall–Kier alpha value is -4.51. The van der Waals surface area contributed by atoms with Gasteiger partial charge in [0.15, 0.2) is 0 Å². The maximum atomic E-state index is 11.7. The highest BCUT2D eigenvalue weighted by molar-refractivity contribution is 6.03. The van der Waals surface area contributed by atoms with Gasteiger partial charge in [-0.1, -0.05) is 87.9 Å². The molecule has 0 spiro atoms. The summed E-state index contributed by atoms with van der Waals surface area (Å²) < 4.78 is 2.34. The van der Waals surface area contributed by atoms with Crippen molar-refractivity contribution in [3.63, 3.8) is 0 Å². The van der Waals surface area contributed by atoms with Crippen LogP contribution < -0.4 is 0 Å². The molecule has 0 bridgehead atoms. The number of aromatic carboxylic acids is 1. The molecule has 0 aliphatic carbocycles. The highest BCUT2D eigenvalue weighted by Gasteiger charge is 2.16. The number of unbranched alkanes of at least 4 members (excludes halogenated alkanes) is 1. The number of carboxylic acids is 1. The van der Waals surface area contributed by atoms with E-state index in [0.29, 0.717) is 12.1 Å². The third-order valence-corrected chi connectivity index (χ3v) is 7.46. The van der Waals surface area contributed by atoms with Gasteiger partial charge in [-0.3, -0.25) is 4.99 Å². The second-order valence-electron chi connectivity index (χ2n) is 10.4. The summed E-state index contributed by atoms with van der Waals surface area (Å²) in [5.41, 5.74) is 10.6. The maximum absolute atomic E-state index is 11.7. The van der Waals surface area contributed by atoms with Gasteiger partial charge in [-0.05, 0) is 84.8 Å². The first kappa shape index (κ1) is 30.4. The summed E-state index contributed by atoms with van der Waals surface area (Å²) >= 11 is 0. The molecule has 1 aromatic heterocycles. The number of carbonyl (C=O) groups is 1. The molecule has 0 amide bonds. The predicted molar refractivity (Wildman–Crippen MR) is 175 cm³/mol. The van der Waals surface area contributed by atoms with Gasteiger partial charge in [-0.2, -0.15) is 0 Å². The van der Waals surface area contributed by atoms with Gasteiger partial charge in [-0.15, -0.1) is 0 Å². The average Bonchev–Trinajstić information content (AvgIpc) is 3.36. The van der Waals surface area contributed by atoms with Crippen molar-refractivity contribution >= 4 is 28.4 Å². The second-order valence-corrected chi connectivity index (χ2v) is 10.4. The van der Waals surface area contributed by atoms with Crippen LogP contribution in [0.2, 0.25) is 0 Å².